The SMILES string of the molecule is COc1ccc(OP(OCC2(C(F)F)CC(O)C(n3ccc(=O)[nH]c3=O)O2)Oc2ccc(OC)cc2)cc1. The molecule has 1 saturated heterocycles. The average molecular weight is 554 g/mol. The first-order chi connectivity index (χ1) is 18.2. The number of aliphatic hydroxyl groups is 1. The zero-order chi connectivity index (χ0) is 27.3. The quantitative estimate of drug-likeness (QED) is 0.343. The molecule has 1 aliphatic heterocycles. The fourth-order valence-corrected chi connectivity index (χ4v) is 4.72. The van der Waals surface area contributed by atoms with Gasteiger partial charge in [-0.25, -0.2) is 13.6 Å². The van der Waals surface area contributed by atoms with Crippen LogP contribution in [-0.4, -0.2) is 53.6 Å². The second-order valence-corrected chi connectivity index (χ2v) is 9.26. The third-order valence-electron chi connectivity index (χ3n) is 5.66. The van der Waals surface area contributed by atoms with Gasteiger partial charge in [0.25, 0.3) is 12.0 Å². The number of aromatic amines is 1. The number of nitrogens with zero attached hydrogens (tertiary/aromatic N) is 1. The molecule has 0 aliphatic carbocycles. The van der Waals surface area contributed by atoms with Gasteiger partial charge in [-0.1, -0.05) is 0 Å². The van der Waals surface area contributed by atoms with Crippen molar-refractivity contribution in [3.05, 3.63) is 81.6 Å². The number of aliphatic hydroxyl groups excluding tert-OH is 1. The number of hydrogen-bond acceptors (Lipinski definition) is 9. The van der Waals surface area contributed by atoms with Gasteiger partial charge in [-0.05, 0) is 48.5 Å². The highest BCUT2D eigenvalue weighted by Crippen LogP contribution is 2.47. The van der Waals surface area contributed by atoms with E-state index in [1.54, 1.807) is 48.5 Å². The van der Waals surface area contributed by atoms with Crippen LogP contribution in [0.3, 0.4) is 0 Å². The lowest BCUT2D eigenvalue weighted by Gasteiger charge is -2.29. The topological polar surface area (TPSA) is 130 Å². The average Bonchev–Trinajstić information content (AvgIpc) is 3.25. The molecule has 3 unspecified atom stereocenters. The van der Waals surface area contributed by atoms with Crippen molar-refractivity contribution < 1.29 is 41.7 Å². The summed E-state index contributed by atoms with van der Waals surface area (Å²) >= 11 is 0. The smallest absolute Gasteiger partial charge is 0.463 e. The van der Waals surface area contributed by atoms with Crippen LogP contribution < -0.4 is 29.8 Å². The molecular formula is C24H25F2N2O9P. The number of benzene rings is 2. The summed E-state index contributed by atoms with van der Waals surface area (Å²) in [5.74, 6) is 1.79. The molecule has 1 fully saturated rings. The summed E-state index contributed by atoms with van der Waals surface area (Å²) in [6.45, 7) is -0.742. The molecule has 3 atom stereocenters. The fourth-order valence-electron chi connectivity index (χ4n) is 3.67. The Labute approximate surface area is 216 Å². The van der Waals surface area contributed by atoms with E-state index in [4.69, 9.17) is 27.8 Å². The molecule has 0 amide bonds. The molecule has 2 N–H and O–H groups in total. The van der Waals surface area contributed by atoms with E-state index in [1.165, 1.54) is 14.2 Å². The highest BCUT2D eigenvalue weighted by Gasteiger charge is 2.54. The highest BCUT2D eigenvalue weighted by molar-refractivity contribution is 7.42. The molecule has 38 heavy (non-hydrogen) atoms. The van der Waals surface area contributed by atoms with Crippen molar-refractivity contribution in [3.8, 4) is 23.0 Å². The van der Waals surface area contributed by atoms with Crippen LogP contribution in [0.5, 0.6) is 23.0 Å². The summed E-state index contributed by atoms with van der Waals surface area (Å²) in [4.78, 5) is 25.5. The van der Waals surface area contributed by atoms with Crippen LogP contribution in [0.15, 0.2) is 70.4 Å². The Kier molecular flexibility index (Phi) is 8.62. The Morgan fingerprint density at radius 3 is 2.00 bits per heavy atom. The number of nitrogens with one attached hydrogen (secondary N) is 1. The second-order valence-electron chi connectivity index (χ2n) is 8.19. The minimum absolute atomic E-state index is 0.321. The van der Waals surface area contributed by atoms with Crippen molar-refractivity contribution in [1.82, 2.24) is 9.55 Å². The first-order valence-electron chi connectivity index (χ1n) is 11.3. The molecule has 1 aliphatic rings. The van der Waals surface area contributed by atoms with Crippen LogP contribution >= 0.6 is 8.60 Å². The van der Waals surface area contributed by atoms with E-state index in [9.17, 15) is 23.5 Å². The molecule has 0 spiro atoms. The van der Waals surface area contributed by atoms with Gasteiger partial charge in [-0.3, -0.25) is 18.9 Å². The van der Waals surface area contributed by atoms with Crippen molar-refractivity contribution in [2.24, 2.45) is 0 Å². The Hall–Kier alpha value is -3.51. The summed E-state index contributed by atoms with van der Waals surface area (Å²) in [7, 11) is 0.714. The van der Waals surface area contributed by atoms with Crippen LogP contribution in [0.4, 0.5) is 8.78 Å². The third kappa shape index (κ3) is 6.30. The lowest BCUT2D eigenvalue weighted by Crippen LogP contribution is -2.42. The van der Waals surface area contributed by atoms with Crippen molar-refractivity contribution in [3.63, 3.8) is 0 Å². The van der Waals surface area contributed by atoms with Crippen LogP contribution in [0, 0.1) is 0 Å². The number of aromatic nitrogens is 2. The van der Waals surface area contributed by atoms with Crippen molar-refractivity contribution >= 4 is 8.60 Å². The van der Waals surface area contributed by atoms with Crippen molar-refractivity contribution in [2.75, 3.05) is 20.8 Å². The van der Waals surface area contributed by atoms with E-state index in [0.29, 0.717) is 23.0 Å². The molecule has 1 aromatic heterocycles. The molecule has 4 rings (SSSR count). The maximum atomic E-state index is 14.3. The fraction of sp³-hybridized carbons (Fsp3) is 0.333. The predicted molar refractivity (Wildman–Crippen MR) is 131 cm³/mol. The largest absolute Gasteiger partial charge is 0.497 e. The Morgan fingerprint density at radius 1 is 1.00 bits per heavy atom. The number of H-pyrrole nitrogens is 1. The Balaban J connectivity index is 1.54. The number of alkyl halides is 2. The molecule has 2 heterocycles. The van der Waals surface area contributed by atoms with E-state index in [2.05, 4.69) is 0 Å². The van der Waals surface area contributed by atoms with Gasteiger partial charge in [-0.15, -0.1) is 0 Å². The number of methoxy groups -OCH3 is 2. The predicted octanol–water partition coefficient (Wildman–Crippen LogP) is 3.24. The minimum atomic E-state index is -3.11. The normalized spacial score (nSPS) is 21.0. The monoisotopic (exact) mass is 554 g/mol. The van der Waals surface area contributed by atoms with Crippen LogP contribution in [-0.2, 0) is 9.26 Å². The second kappa shape index (κ2) is 11.9. The van der Waals surface area contributed by atoms with Crippen molar-refractivity contribution in [2.45, 2.75) is 30.8 Å². The number of halogens is 2. The number of hydrogen-bond donors (Lipinski definition) is 2. The minimum Gasteiger partial charge on any atom is -0.497 e. The molecule has 0 saturated carbocycles. The maximum Gasteiger partial charge on any atom is 0.463 e. The Bertz CT molecular complexity index is 1270. The lowest BCUT2D eigenvalue weighted by atomic mass is 10.0. The third-order valence-corrected chi connectivity index (χ3v) is 6.72. The van der Waals surface area contributed by atoms with Gasteiger partial charge in [0.1, 0.15) is 29.1 Å². The maximum absolute atomic E-state index is 14.3. The van der Waals surface area contributed by atoms with E-state index in [1.807, 2.05) is 4.98 Å². The van der Waals surface area contributed by atoms with Gasteiger partial charge >= 0.3 is 14.3 Å². The van der Waals surface area contributed by atoms with Crippen LogP contribution in [0.1, 0.15) is 12.6 Å². The summed E-state index contributed by atoms with van der Waals surface area (Å²) in [6, 6.07) is 13.9. The molecular weight excluding hydrogens is 529 g/mol. The molecule has 3 aromatic rings. The number of rotatable bonds is 11. The standard InChI is InChI=1S/C24H25F2N2O9P/c1-32-15-3-7-17(8-4-15)36-38(37-18-9-5-16(33-2)6-10-18)34-14-24(22(25)26)13-19(29)21(35-24)28-12-11-20(30)27-23(28)31/h3-12,19,21-22,29H,13-14H2,1-2H3,(H,27,30,31). The van der Waals surface area contributed by atoms with E-state index in [0.717, 1.165) is 16.8 Å². The van der Waals surface area contributed by atoms with Gasteiger partial charge in [0.05, 0.1) is 20.8 Å². The summed E-state index contributed by atoms with van der Waals surface area (Å²) in [5.41, 5.74) is -3.90. The van der Waals surface area contributed by atoms with E-state index in [-0.39, 0.29) is 0 Å². The molecule has 0 bridgehead atoms. The summed E-state index contributed by atoms with van der Waals surface area (Å²) in [5, 5.41) is 10.5. The molecule has 0 radical (unpaired) electrons. The zero-order valence-corrected chi connectivity index (χ0v) is 21.2. The van der Waals surface area contributed by atoms with Crippen LogP contribution in [0.25, 0.3) is 0 Å². The van der Waals surface area contributed by atoms with E-state index >= 15 is 0 Å². The summed E-state index contributed by atoms with van der Waals surface area (Å²) in [6.07, 6.45) is -5.58. The number of ether oxygens (including phenoxy) is 3. The molecule has 14 heteroatoms. The molecule has 2 aromatic carbocycles. The molecule has 204 valence electrons. The zero-order valence-electron chi connectivity index (χ0n) is 20.3. The van der Waals surface area contributed by atoms with Gasteiger partial charge < -0.3 is 28.4 Å². The van der Waals surface area contributed by atoms with Gasteiger partial charge in [0, 0.05) is 18.7 Å². The Morgan fingerprint density at radius 2 is 1.53 bits per heavy atom. The van der Waals surface area contributed by atoms with E-state index < -0.39 is 57.2 Å². The van der Waals surface area contributed by atoms with Gasteiger partial charge in [0.15, 0.2) is 11.8 Å². The lowest BCUT2D eigenvalue weighted by molar-refractivity contribution is -0.170. The first kappa shape index (κ1) is 27.5. The van der Waals surface area contributed by atoms with Gasteiger partial charge in [-0.2, -0.15) is 0 Å². The van der Waals surface area contributed by atoms with Gasteiger partial charge in [0.2, 0.25) is 0 Å². The highest BCUT2D eigenvalue weighted by atomic mass is 31.2. The molecule has 11 nitrogen and oxygen atoms in total. The first-order valence-corrected chi connectivity index (χ1v) is 12.3. The van der Waals surface area contributed by atoms with Crippen LogP contribution in [0.2, 0.25) is 0 Å². The summed E-state index contributed by atoms with van der Waals surface area (Å²) < 4.78 is 62.6. The van der Waals surface area contributed by atoms with Crippen molar-refractivity contribution in [1.29, 1.82) is 0 Å².